The molecule has 0 aliphatic carbocycles. The van der Waals surface area contributed by atoms with Crippen molar-refractivity contribution in [2.75, 3.05) is 37.8 Å². The molecule has 1 unspecified atom stereocenters. The van der Waals surface area contributed by atoms with Crippen LogP contribution in [0.15, 0.2) is 36.4 Å². The summed E-state index contributed by atoms with van der Waals surface area (Å²) >= 11 is 0. The Labute approximate surface area is 203 Å². The predicted molar refractivity (Wildman–Crippen MR) is 126 cm³/mol. The van der Waals surface area contributed by atoms with E-state index in [1.54, 1.807) is 30.0 Å². The molecule has 0 bridgehead atoms. The van der Waals surface area contributed by atoms with Crippen LogP contribution in [0.5, 0.6) is 11.5 Å². The van der Waals surface area contributed by atoms with E-state index in [4.69, 9.17) is 14.2 Å². The summed E-state index contributed by atoms with van der Waals surface area (Å²) < 4.78 is 29.9. The lowest BCUT2D eigenvalue weighted by Crippen LogP contribution is -2.40. The highest BCUT2D eigenvalue weighted by Gasteiger charge is 2.26. The summed E-state index contributed by atoms with van der Waals surface area (Å²) in [5.41, 5.74) is 1.44. The molecule has 2 amide bonds. The van der Waals surface area contributed by atoms with Crippen LogP contribution in [0.3, 0.4) is 0 Å². The molecule has 1 N–H and O–H groups in total. The second-order valence-corrected chi connectivity index (χ2v) is 8.68. The fourth-order valence-electron chi connectivity index (χ4n) is 4.14. The third kappa shape index (κ3) is 6.36. The minimum atomic E-state index is -0.374. The monoisotopic (exact) mass is 484 g/mol. The molecule has 2 aliphatic heterocycles. The van der Waals surface area contributed by atoms with Crippen LogP contribution in [-0.2, 0) is 14.3 Å². The minimum absolute atomic E-state index is 0.0820. The molecule has 1 atom stereocenters. The Morgan fingerprint density at radius 1 is 1.23 bits per heavy atom. The molecule has 0 saturated carbocycles. The third-order valence-electron chi connectivity index (χ3n) is 6.06. The number of halogens is 1. The standard InChI is InChI=1S/C26H29FN2O6/c1-17-12-19(27)7-9-23(17)34-15-22(30)18-6-8-24-21(13-18)29(26(32)16-35-24)10-2-5-25(31)28-14-20-4-3-11-33-20/h6-9,12-13,20H,2-5,10-11,14-16H2,1H3,(H,28,31). The van der Waals surface area contributed by atoms with Gasteiger partial charge in [-0.3, -0.25) is 14.4 Å². The number of hydrogen-bond donors (Lipinski definition) is 1. The van der Waals surface area contributed by atoms with E-state index in [0.717, 1.165) is 19.4 Å². The van der Waals surface area contributed by atoms with Crippen molar-refractivity contribution in [1.29, 1.82) is 0 Å². The van der Waals surface area contributed by atoms with Crippen molar-refractivity contribution in [3.8, 4) is 11.5 Å². The maximum Gasteiger partial charge on any atom is 0.265 e. The fraction of sp³-hybridized carbons (Fsp3) is 0.423. The van der Waals surface area contributed by atoms with Gasteiger partial charge in [-0.1, -0.05) is 0 Å². The van der Waals surface area contributed by atoms with Crippen molar-refractivity contribution in [2.45, 2.75) is 38.7 Å². The molecule has 2 aliphatic rings. The van der Waals surface area contributed by atoms with Crippen molar-refractivity contribution in [3.63, 3.8) is 0 Å². The minimum Gasteiger partial charge on any atom is -0.485 e. The van der Waals surface area contributed by atoms with Gasteiger partial charge in [0, 0.05) is 31.7 Å². The molecule has 1 saturated heterocycles. The summed E-state index contributed by atoms with van der Waals surface area (Å²) in [6.07, 6.45) is 2.79. The lowest BCUT2D eigenvalue weighted by atomic mass is 10.1. The number of ether oxygens (including phenoxy) is 3. The maximum absolute atomic E-state index is 13.3. The van der Waals surface area contributed by atoms with Crippen LogP contribution in [0.25, 0.3) is 0 Å². The molecular formula is C26H29FN2O6. The quantitative estimate of drug-likeness (QED) is 0.521. The van der Waals surface area contributed by atoms with Crippen LogP contribution >= 0.6 is 0 Å². The number of benzene rings is 2. The van der Waals surface area contributed by atoms with Gasteiger partial charge in [-0.2, -0.15) is 0 Å². The summed E-state index contributed by atoms with van der Waals surface area (Å²) in [5.74, 6) is -0.0579. The average molecular weight is 485 g/mol. The number of fused-ring (bicyclic) bond motifs is 1. The molecule has 4 rings (SSSR count). The van der Waals surface area contributed by atoms with Gasteiger partial charge in [0.2, 0.25) is 5.91 Å². The molecule has 2 aromatic rings. The summed E-state index contributed by atoms with van der Waals surface area (Å²) in [6, 6.07) is 8.97. The third-order valence-corrected chi connectivity index (χ3v) is 6.06. The number of rotatable bonds is 10. The van der Waals surface area contributed by atoms with E-state index in [0.29, 0.717) is 47.8 Å². The molecular weight excluding hydrogens is 455 g/mol. The molecule has 8 nitrogen and oxygen atoms in total. The number of anilines is 1. The number of nitrogens with one attached hydrogen (secondary N) is 1. The zero-order valence-corrected chi connectivity index (χ0v) is 19.7. The van der Waals surface area contributed by atoms with Crippen LogP contribution < -0.4 is 19.7 Å². The van der Waals surface area contributed by atoms with Crippen LogP contribution in [-0.4, -0.2) is 56.6 Å². The van der Waals surface area contributed by atoms with Crippen LogP contribution in [0, 0.1) is 12.7 Å². The number of nitrogens with zero attached hydrogens (tertiary/aromatic N) is 1. The second-order valence-electron chi connectivity index (χ2n) is 8.68. The molecule has 2 heterocycles. The Kier molecular flexibility index (Phi) is 7.97. The highest BCUT2D eigenvalue weighted by atomic mass is 19.1. The van der Waals surface area contributed by atoms with Crippen molar-refractivity contribution in [2.24, 2.45) is 0 Å². The van der Waals surface area contributed by atoms with Gasteiger partial charge >= 0.3 is 0 Å². The smallest absolute Gasteiger partial charge is 0.265 e. The van der Waals surface area contributed by atoms with Gasteiger partial charge in [-0.25, -0.2) is 4.39 Å². The van der Waals surface area contributed by atoms with Gasteiger partial charge in [-0.05, 0) is 68.1 Å². The Morgan fingerprint density at radius 2 is 2.09 bits per heavy atom. The molecule has 2 aromatic carbocycles. The number of hydrogen-bond acceptors (Lipinski definition) is 6. The number of carbonyl (C=O) groups is 3. The van der Waals surface area contributed by atoms with Crippen LogP contribution in [0.1, 0.15) is 41.6 Å². The number of carbonyl (C=O) groups excluding carboxylic acids is 3. The van der Waals surface area contributed by atoms with Crippen molar-refractivity contribution in [3.05, 3.63) is 53.3 Å². The highest BCUT2D eigenvalue weighted by Crippen LogP contribution is 2.33. The van der Waals surface area contributed by atoms with Gasteiger partial charge in [0.15, 0.2) is 19.0 Å². The first kappa shape index (κ1) is 24.7. The van der Waals surface area contributed by atoms with Crippen molar-refractivity contribution >= 4 is 23.3 Å². The van der Waals surface area contributed by atoms with Gasteiger partial charge in [0.1, 0.15) is 17.3 Å². The van der Waals surface area contributed by atoms with Gasteiger partial charge in [0.05, 0.1) is 11.8 Å². The van der Waals surface area contributed by atoms with E-state index in [-0.39, 0.29) is 49.2 Å². The Bertz CT molecular complexity index is 1100. The average Bonchev–Trinajstić information content (AvgIpc) is 3.37. The van der Waals surface area contributed by atoms with E-state index < -0.39 is 0 Å². The largest absolute Gasteiger partial charge is 0.485 e. The van der Waals surface area contributed by atoms with Gasteiger partial charge in [-0.15, -0.1) is 0 Å². The number of amides is 2. The first-order chi connectivity index (χ1) is 16.9. The zero-order valence-electron chi connectivity index (χ0n) is 19.7. The maximum atomic E-state index is 13.3. The molecule has 186 valence electrons. The molecule has 1 fully saturated rings. The van der Waals surface area contributed by atoms with E-state index in [1.165, 1.54) is 18.2 Å². The zero-order chi connectivity index (χ0) is 24.8. The summed E-state index contributed by atoms with van der Waals surface area (Å²) in [4.78, 5) is 39.0. The Hall–Kier alpha value is -3.46. The number of ketones is 1. The normalized spacial score (nSPS) is 17.0. The first-order valence-corrected chi connectivity index (χ1v) is 11.8. The molecule has 0 aromatic heterocycles. The molecule has 0 spiro atoms. The molecule has 9 heteroatoms. The Morgan fingerprint density at radius 3 is 2.86 bits per heavy atom. The van der Waals surface area contributed by atoms with Gasteiger partial charge < -0.3 is 24.4 Å². The van der Waals surface area contributed by atoms with E-state index >= 15 is 0 Å². The summed E-state index contributed by atoms with van der Waals surface area (Å²) in [5, 5.41) is 2.88. The van der Waals surface area contributed by atoms with Crippen LogP contribution in [0.4, 0.5) is 10.1 Å². The first-order valence-electron chi connectivity index (χ1n) is 11.8. The second kappa shape index (κ2) is 11.3. The highest BCUT2D eigenvalue weighted by molar-refractivity contribution is 6.02. The lowest BCUT2D eigenvalue weighted by molar-refractivity contribution is -0.123. The number of Topliss-reactive ketones (excluding diaryl/α,β-unsaturated/α-hetero) is 1. The lowest BCUT2D eigenvalue weighted by Gasteiger charge is -2.29. The number of aryl methyl sites for hydroxylation is 1. The SMILES string of the molecule is Cc1cc(F)ccc1OCC(=O)c1ccc2c(c1)N(CCCC(=O)NCC1CCCO1)C(=O)CO2. The van der Waals surface area contributed by atoms with E-state index in [2.05, 4.69) is 5.32 Å². The molecule has 35 heavy (non-hydrogen) atoms. The predicted octanol–water partition coefficient (Wildman–Crippen LogP) is 3.20. The Balaban J connectivity index is 1.34. The summed E-state index contributed by atoms with van der Waals surface area (Å²) in [6.45, 7) is 2.94. The van der Waals surface area contributed by atoms with Crippen molar-refractivity contribution in [1.82, 2.24) is 5.32 Å². The van der Waals surface area contributed by atoms with Crippen LogP contribution in [0.2, 0.25) is 0 Å². The van der Waals surface area contributed by atoms with Crippen molar-refractivity contribution < 1.29 is 33.0 Å². The molecule has 0 radical (unpaired) electrons. The topological polar surface area (TPSA) is 94.2 Å². The van der Waals surface area contributed by atoms with E-state index in [1.807, 2.05) is 0 Å². The fourth-order valence-corrected chi connectivity index (χ4v) is 4.14. The van der Waals surface area contributed by atoms with Gasteiger partial charge in [0.25, 0.3) is 5.91 Å². The summed E-state index contributed by atoms with van der Waals surface area (Å²) in [7, 11) is 0. The van der Waals surface area contributed by atoms with E-state index in [9.17, 15) is 18.8 Å².